The zero-order valence-corrected chi connectivity index (χ0v) is 15.2. The Labute approximate surface area is 161 Å². The van der Waals surface area contributed by atoms with E-state index in [-0.39, 0.29) is 5.56 Å². The van der Waals surface area contributed by atoms with E-state index in [0.29, 0.717) is 34.0 Å². The highest BCUT2D eigenvalue weighted by Crippen LogP contribution is 2.27. The molecule has 0 aliphatic heterocycles. The van der Waals surface area contributed by atoms with Crippen LogP contribution in [-0.2, 0) is 0 Å². The van der Waals surface area contributed by atoms with E-state index < -0.39 is 11.7 Å². The summed E-state index contributed by atoms with van der Waals surface area (Å²) in [7, 11) is 3.00. The average molecular weight is 377 g/mol. The van der Waals surface area contributed by atoms with Gasteiger partial charge in [0.25, 0.3) is 5.91 Å². The van der Waals surface area contributed by atoms with Crippen molar-refractivity contribution < 1.29 is 18.7 Å². The molecular formula is C21H16FN3O3. The van der Waals surface area contributed by atoms with E-state index in [1.807, 2.05) is 6.07 Å². The Morgan fingerprint density at radius 2 is 1.79 bits per heavy atom. The van der Waals surface area contributed by atoms with Gasteiger partial charge in [0.05, 0.1) is 31.5 Å². The standard InChI is InChI=1S/C21H16FN3O3/c1-27-18-9-17(10-19(11-18)28-2)25-21(26)15-6-14(7-16(22)8-15)20-5-13(12-23)3-4-24-20/h3-11H,1-2H3,(H,25,26). The lowest BCUT2D eigenvalue weighted by molar-refractivity contribution is 0.102. The van der Waals surface area contributed by atoms with Crippen LogP contribution in [0.15, 0.2) is 54.7 Å². The minimum absolute atomic E-state index is 0.112. The molecule has 1 N–H and O–H groups in total. The van der Waals surface area contributed by atoms with Crippen LogP contribution in [0.2, 0.25) is 0 Å². The Balaban J connectivity index is 1.92. The third-order valence-electron chi connectivity index (χ3n) is 3.95. The molecule has 0 saturated heterocycles. The molecule has 0 radical (unpaired) electrons. The quantitative estimate of drug-likeness (QED) is 0.726. The number of nitrogens with one attached hydrogen (secondary N) is 1. The van der Waals surface area contributed by atoms with Crippen LogP contribution >= 0.6 is 0 Å². The number of carbonyl (C=O) groups excluding carboxylic acids is 1. The first kappa shape index (κ1) is 18.9. The molecule has 1 amide bonds. The molecule has 0 spiro atoms. The second-order valence-corrected chi connectivity index (χ2v) is 5.83. The van der Waals surface area contributed by atoms with Crippen molar-refractivity contribution in [3.8, 4) is 28.8 Å². The van der Waals surface area contributed by atoms with Gasteiger partial charge in [-0.15, -0.1) is 0 Å². The van der Waals surface area contributed by atoms with Gasteiger partial charge < -0.3 is 14.8 Å². The molecule has 3 rings (SSSR count). The number of hydrogen-bond donors (Lipinski definition) is 1. The monoisotopic (exact) mass is 377 g/mol. The van der Waals surface area contributed by atoms with Gasteiger partial charge >= 0.3 is 0 Å². The SMILES string of the molecule is COc1cc(NC(=O)c2cc(F)cc(-c3cc(C#N)ccn3)c2)cc(OC)c1. The van der Waals surface area contributed by atoms with Crippen molar-refractivity contribution in [3.63, 3.8) is 0 Å². The highest BCUT2D eigenvalue weighted by Gasteiger charge is 2.13. The molecule has 1 aromatic heterocycles. The fourth-order valence-electron chi connectivity index (χ4n) is 2.61. The van der Waals surface area contributed by atoms with Crippen LogP contribution < -0.4 is 14.8 Å². The zero-order chi connectivity index (χ0) is 20.1. The summed E-state index contributed by atoms with van der Waals surface area (Å²) in [6.45, 7) is 0. The van der Waals surface area contributed by atoms with Gasteiger partial charge in [-0.2, -0.15) is 5.26 Å². The first-order valence-corrected chi connectivity index (χ1v) is 8.24. The molecule has 0 aliphatic carbocycles. The minimum atomic E-state index is -0.588. The van der Waals surface area contributed by atoms with Crippen LogP contribution in [-0.4, -0.2) is 25.1 Å². The van der Waals surface area contributed by atoms with Gasteiger partial charge in [-0.05, 0) is 30.3 Å². The number of rotatable bonds is 5. The fourth-order valence-corrected chi connectivity index (χ4v) is 2.61. The van der Waals surface area contributed by atoms with E-state index in [1.54, 1.807) is 24.3 Å². The number of amides is 1. The predicted molar refractivity (Wildman–Crippen MR) is 102 cm³/mol. The Bertz CT molecular complexity index is 1050. The largest absolute Gasteiger partial charge is 0.497 e. The smallest absolute Gasteiger partial charge is 0.255 e. The fraction of sp³-hybridized carbons (Fsp3) is 0.0952. The Hall–Kier alpha value is -3.92. The van der Waals surface area contributed by atoms with Gasteiger partial charge in [0, 0.05) is 41.2 Å². The number of nitrogens with zero attached hydrogens (tertiary/aromatic N) is 2. The van der Waals surface area contributed by atoms with Crippen molar-refractivity contribution in [2.24, 2.45) is 0 Å². The molecule has 3 aromatic rings. The van der Waals surface area contributed by atoms with Crippen molar-refractivity contribution in [1.29, 1.82) is 5.26 Å². The van der Waals surface area contributed by atoms with Crippen LogP contribution in [0.3, 0.4) is 0 Å². The highest BCUT2D eigenvalue weighted by molar-refractivity contribution is 6.05. The molecular weight excluding hydrogens is 361 g/mol. The lowest BCUT2D eigenvalue weighted by Gasteiger charge is -2.11. The number of halogens is 1. The van der Waals surface area contributed by atoms with E-state index in [4.69, 9.17) is 14.7 Å². The molecule has 0 atom stereocenters. The lowest BCUT2D eigenvalue weighted by atomic mass is 10.1. The second-order valence-electron chi connectivity index (χ2n) is 5.83. The van der Waals surface area contributed by atoms with Crippen molar-refractivity contribution >= 4 is 11.6 Å². The molecule has 140 valence electrons. The molecule has 0 saturated carbocycles. The van der Waals surface area contributed by atoms with Crippen LogP contribution in [0, 0.1) is 17.1 Å². The van der Waals surface area contributed by atoms with Gasteiger partial charge in [-0.3, -0.25) is 9.78 Å². The van der Waals surface area contributed by atoms with E-state index >= 15 is 0 Å². The molecule has 7 heteroatoms. The summed E-state index contributed by atoms with van der Waals surface area (Å²) < 4.78 is 24.5. The van der Waals surface area contributed by atoms with Crippen molar-refractivity contribution in [3.05, 3.63) is 71.7 Å². The maximum Gasteiger partial charge on any atom is 0.255 e. The van der Waals surface area contributed by atoms with E-state index in [1.165, 1.54) is 38.6 Å². The summed E-state index contributed by atoms with van der Waals surface area (Å²) in [6, 6.07) is 13.9. The Morgan fingerprint density at radius 3 is 2.43 bits per heavy atom. The molecule has 0 bridgehead atoms. The van der Waals surface area contributed by atoms with Crippen molar-refractivity contribution in [2.45, 2.75) is 0 Å². The number of ether oxygens (including phenoxy) is 2. The number of anilines is 1. The second kappa shape index (κ2) is 8.18. The van der Waals surface area contributed by atoms with Crippen molar-refractivity contribution in [2.75, 3.05) is 19.5 Å². The maximum absolute atomic E-state index is 14.1. The van der Waals surface area contributed by atoms with E-state index in [2.05, 4.69) is 10.3 Å². The van der Waals surface area contributed by atoms with E-state index in [0.717, 1.165) is 6.07 Å². The highest BCUT2D eigenvalue weighted by atomic mass is 19.1. The maximum atomic E-state index is 14.1. The number of methoxy groups -OCH3 is 2. The lowest BCUT2D eigenvalue weighted by Crippen LogP contribution is -2.12. The van der Waals surface area contributed by atoms with Crippen molar-refractivity contribution in [1.82, 2.24) is 4.98 Å². The van der Waals surface area contributed by atoms with E-state index in [9.17, 15) is 9.18 Å². The predicted octanol–water partition coefficient (Wildman–Crippen LogP) is 4.03. The van der Waals surface area contributed by atoms with Gasteiger partial charge in [0.2, 0.25) is 0 Å². The molecule has 0 fully saturated rings. The first-order chi connectivity index (χ1) is 13.5. The number of nitriles is 1. The third kappa shape index (κ3) is 4.24. The molecule has 2 aromatic carbocycles. The first-order valence-electron chi connectivity index (χ1n) is 8.24. The average Bonchev–Trinajstić information content (AvgIpc) is 2.72. The van der Waals surface area contributed by atoms with Gasteiger partial charge in [-0.25, -0.2) is 4.39 Å². The number of aromatic nitrogens is 1. The summed E-state index contributed by atoms with van der Waals surface area (Å²) in [5.41, 5.74) is 1.74. The molecule has 0 unspecified atom stereocenters. The number of benzene rings is 2. The topological polar surface area (TPSA) is 84.2 Å². The number of carbonyl (C=O) groups is 1. The summed E-state index contributed by atoms with van der Waals surface area (Å²) in [6.07, 6.45) is 1.46. The summed E-state index contributed by atoms with van der Waals surface area (Å²) in [5, 5.41) is 11.7. The van der Waals surface area contributed by atoms with Gasteiger partial charge in [0.15, 0.2) is 0 Å². The Kier molecular flexibility index (Phi) is 5.51. The molecule has 1 heterocycles. The molecule has 28 heavy (non-hydrogen) atoms. The van der Waals surface area contributed by atoms with Gasteiger partial charge in [0.1, 0.15) is 17.3 Å². The zero-order valence-electron chi connectivity index (χ0n) is 15.2. The van der Waals surface area contributed by atoms with Crippen LogP contribution in [0.1, 0.15) is 15.9 Å². The van der Waals surface area contributed by atoms with Crippen LogP contribution in [0.4, 0.5) is 10.1 Å². The summed E-state index contributed by atoms with van der Waals surface area (Å²) in [5.74, 6) is -0.0817. The normalized spacial score (nSPS) is 10.1. The van der Waals surface area contributed by atoms with Crippen LogP contribution in [0.5, 0.6) is 11.5 Å². The molecule has 6 nitrogen and oxygen atoms in total. The summed E-state index contributed by atoms with van der Waals surface area (Å²) in [4.78, 5) is 16.8. The summed E-state index contributed by atoms with van der Waals surface area (Å²) >= 11 is 0. The molecule has 0 aliphatic rings. The number of hydrogen-bond acceptors (Lipinski definition) is 5. The number of pyridine rings is 1. The Morgan fingerprint density at radius 1 is 1.07 bits per heavy atom. The van der Waals surface area contributed by atoms with Gasteiger partial charge in [-0.1, -0.05) is 0 Å². The minimum Gasteiger partial charge on any atom is -0.497 e. The third-order valence-corrected chi connectivity index (χ3v) is 3.95. The van der Waals surface area contributed by atoms with Crippen LogP contribution in [0.25, 0.3) is 11.3 Å².